The first kappa shape index (κ1) is 15.1. The number of hydrogen-bond acceptors (Lipinski definition) is 3. The molecule has 0 spiro atoms. The van der Waals surface area contributed by atoms with Crippen LogP contribution in [0.1, 0.15) is 24.8 Å². The van der Waals surface area contributed by atoms with Crippen LogP contribution in [-0.4, -0.2) is 26.1 Å². The van der Waals surface area contributed by atoms with Crippen LogP contribution in [0, 0.1) is 5.92 Å². The number of nitrogens with one attached hydrogen (secondary N) is 2. The molecule has 2 N–H and O–H groups in total. The van der Waals surface area contributed by atoms with Gasteiger partial charge in [0.2, 0.25) is 5.91 Å². The van der Waals surface area contributed by atoms with Crippen LogP contribution in [0.5, 0.6) is 5.75 Å². The second-order valence-corrected chi connectivity index (χ2v) is 5.57. The summed E-state index contributed by atoms with van der Waals surface area (Å²) in [6.45, 7) is 2.59. The van der Waals surface area contributed by atoms with Gasteiger partial charge in [0.05, 0.1) is 7.11 Å². The molecule has 20 heavy (non-hydrogen) atoms. The molecule has 1 fully saturated rings. The first-order valence-corrected chi connectivity index (χ1v) is 7.36. The van der Waals surface area contributed by atoms with E-state index in [2.05, 4.69) is 10.6 Å². The molecule has 5 heteroatoms. The molecule has 1 amide bonds. The first-order chi connectivity index (χ1) is 9.69. The van der Waals surface area contributed by atoms with Crippen LogP contribution < -0.4 is 15.4 Å². The highest BCUT2D eigenvalue weighted by atomic mass is 35.5. The molecule has 1 aromatic rings. The van der Waals surface area contributed by atoms with E-state index >= 15 is 0 Å². The summed E-state index contributed by atoms with van der Waals surface area (Å²) < 4.78 is 5.26. The van der Waals surface area contributed by atoms with Gasteiger partial charge in [-0.2, -0.15) is 0 Å². The Balaban J connectivity index is 1.77. The van der Waals surface area contributed by atoms with Crippen LogP contribution in [0.3, 0.4) is 0 Å². The standard InChI is InChI=1S/C15H21ClN2O2/c1-20-14-8-13(16)4-3-12(14)10-18-15(19)5-2-11-6-7-17-9-11/h3-4,8,11,17H,2,5-7,9-10H2,1H3,(H,18,19). The van der Waals surface area contributed by atoms with Crippen molar-refractivity contribution in [1.29, 1.82) is 0 Å². The summed E-state index contributed by atoms with van der Waals surface area (Å²) in [5, 5.41) is 6.88. The quantitative estimate of drug-likeness (QED) is 0.847. The van der Waals surface area contributed by atoms with E-state index in [9.17, 15) is 4.79 Å². The molecular weight excluding hydrogens is 276 g/mol. The predicted octanol–water partition coefficient (Wildman–Crippen LogP) is 2.35. The zero-order chi connectivity index (χ0) is 14.4. The van der Waals surface area contributed by atoms with E-state index in [0.717, 1.165) is 25.1 Å². The van der Waals surface area contributed by atoms with Crippen LogP contribution in [0.4, 0.5) is 0 Å². The van der Waals surface area contributed by atoms with Crippen molar-refractivity contribution in [3.05, 3.63) is 28.8 Å². The molecule has 1 atom stereocenters. The Morgan fingerprint density at radius 1 is 1.55 bits per heavy atom. The van der Waals surface area contributed by atoms with Crippen molar-refractivity contribution in [1.82, 2.24) is 10.6 Å². The van der Waals surface area contributed by atoms with Crippen LogP contribution in [0.2, 0.25) is 5.02 Å². The van der Waals surface area contributed by atoms with Crippen molar-refractivity contribution >= 4 is 17.5 Å². The van der Waals surface area contributed by atoms with Crippen LogP contribution in [0.25, 0.3) is 0 Å². The summed E-state index contributed by atoms with van der Waals surface area (Å²) in [4.78, 5) is 11.8. The van der Waals surface area contributed by atoms with Gasteiger partial charge in [-0.05, 0) is 44.0 Å². The van der Waals surface area contributed by atoms with Crippen LogP contribution >= 0.6 is 11.6 Å². The Kier molecular flexibility index (Phi) is 5.68. The zero-order valence-corrected chi connectivity index (χ0v) is 12.5. The number of benzene rings is 1. The minimum absolute atomic E-state index is 0.0916. The van der Waals surface area contributed by atoms with Crippen molar-refractivity contribution in [2.45, 2.75) is 25.8 Å². The highest BCUT2D eigenvalue weighted by molar-refractivity contribution is 6.30. The molecule has 0 aromatic heterocycles. The average molecular weight is 297 g/mol. The fourth-order valence-electron chi connectivity index (χ4n) is 2.44. The van der Waals surface area contributed by atoms with Gasteiger partial charge in [-0.1, -0.05) is 17.7 Å². The Morgan fingerprint density at radius 2 is 2.40 bits per heavy atom. The van der Waals surface area contributed by atoms with Gasteiger partial charge in [-0.15, -0.1) is 0 Å². The number of carbonyl (C=O) groups excluding carboxylic acids is 1. The summed E-state index contributed by atoms with van der Waals surface area (Å²) in [5.74, 6) is 1.44. The summed E-state index contributed by atoms with van der Waals surface area (Å²) >= 11 is 5.91. The van der Waals surface area contributed by atoms with E-state index in [1.165, 1.54) is 6.42 Å². The molecule has 1 heterocycles. The minimum Gasteiger partial charge on any atom is -0.496 e. The molecule has 1 aromatic carbocycles. The van der Waals surface area contributed by atoms with Gasteiger partial charge in [-0.3, -0.25) is 4.79 Å². The van der Waals surface area contributed by atoms with Gasteiger partial charge in [0.15, 0.2) is 0 Å². The average Bonchev–Trinajstić information content (AvgIpc) is 2.97. The highest BCUT2D eigenvalue weighted by Crippen LogP contribution is 2.23. The molecule has 0 bridgehead atoms. The van der Waals surface area contributed by atoms with Crippen molar-refractivity contribution in [2.75, 3.05) is 20.2 Å². The van der Waals surface area contributed by atoms with Crippen molar-refractivity contribution in [2.24, 2.45) is 5.92 Å². The second-order valence-electron chi connectivity index (χ2n) is 5.13. The largest absolute Gasteiger partial charge is 0.496 e. The number of hydrogen-bond donors (Lipinski definition) is 2. The van der Waals surface area contributed by atoms with Gasteiger partial charge < -0.3 is 15.4 Å². The smallest absolute Gasteiger partial charge is 0.220 e. The lowest BCUT2D eigenvalue weighted by Gasteiger charge is -2.11. The number of ether oxygens (including phenoxy) is 1. The summed E-state index contributed by atoms with van der Waals surface area (Å²) in [5.41, 5.74) is 0.938. The third-order valence-corrected chi connectivity index (χ3v) is 3.90. The van der Waals surface area contributed by atoms with Gasteiger partial charge in [0, 0.05) is 23.6 Å². The topological polar surface area (TPSA) is 50.4 Å². The fraction of sp³-hybridized carbons (Fsp3) is 0.533. The number of carbonyl (C=O) groups is 1. The maximum Gasteiger partial charge on any atom is 0.220 e. The van der Waals surface area contributed by atoms with Gasteiger partial charge in [0.25, 0.3) is 0 Å². The van der Waals surface area contributed by atoms with E-state index in [1.807, 2.05) is 6.07 Å². The van der Waals surface area contributed by atoms with Gasteiger partial charge in [0.1, 0.15) is 5.75 Å². The van der Waals surface area contributed by atoms with E-state index in [4.69, 9.17) is 16.3 Å². The third kappa shape index (κ3) is 4.39. The monoisotopic (exact) mass is 296 g/mol. The lowest BCUT2D eigenvalue weighted by atomic mass is 10.0. The van der Waals surface area contributed by atoms with Crippen LogP contribution in [0.15, 0.2) is 18.2 Å². The van der Waals surface area contributed by atoms with E-state index in [0.29, 0.717) is 29.7 Å². The van der Waals surface area contributed by atoms with E-state index < -0.39 is 0 Å². The SMILES string of the molecule is COc1cc(Cl)ccc1CNC(=O)CCC1CCNC1. The minimum atomic E-state index is 0.0916. The van der Waals surface area contributed by atoms with Gasteiger partial charge in [-0.25, -0.2) is 0 Å². The molecule has 0 aliphatic carbocycles. The highest BCUT2D eigenvalue weighted by Gasteiger charge is 2.15. The summed E-state index contributed by atoms with van der Waals surface area (Å²) in [6, 6.07) is 5.44. The Bertz CT molecular complexity index is 459. The van der Waals surface area contributed by atoms with Crippen LogP contribution in [-0.2, 0) is 11.3 Å². The summed E-state index contributed by atoms with van der Waals surface area (Å²) in [6.07, 6.45) is 2.72. The molecule has 4 nitrogen and oxygen atoms in total. The Morgan fingerprint density at radius 3 is 3.10 bits per heavy atom. The molecule has 0 saturated carbocycles. The lowest BCUT2D eigenvalue weighted by Crippen LogP contribution is -2.23. The van der Waals surface area contributed by atoms with E-state index in [1.54, 1.807) is 19.2 Å². The lowest BCUT2D eigenvalue weighted by molar-refractivity contribution is -0.121. The molecule has 110 valence electrons. The third-order valence-electron chi connectivity index (χ3n) is 3.67. The number of rotatable bonds is 6. The maximum absolute atomic E-state index is 11.8. The number of halogens is 1. The molecule has 1 aliphatic heterocycles. The maximum atomic E-state index is 11.8. The van der Waals surface area contributed by atoms with Crippen molar-refractivity contribution in [3.8, 4) is 5.75 Å². The molecule has 1 aliphatic rings. The summed E-state index contributed by atoms with van der Waals surface area (Å²) in [7, 11) is 1.60. The molecule has 2 rings (SSSR count). The normalized spacial score (nSPS) is 18.0. The van der Waals surface area contributed by atoms with Crippen molar-refractivity contribution in [3.63, 3.8) is 0 Å². The molecule has 1 unspecified atom stereocenters. The van der Waals surface area contributed by atoms with Gasteiger partial charge >= 0.3 is 0 Å². The molecule has 1 saturated heterocycles. The molecular formula is C15H21ClN2O2. The Hall–Kier alpha value is -1.26. The molecule has 0 radical (unpaired) electrons. The van der Waals surface area contributed by atoms with Crippen molar-refractivity contribution < 1.29 is 9.53 Å². The first-order valence-electron chi connectivity index (χ1n) is 6.99. The zero-order valence-electron chi connectivity index (χ0n) is 11.7. The van der Waals surface area contributed by atoms with E-state index in [-0.39, 0.29) is 5.91 Å². The number of amides is 1. The number of methoxy groups -OCH3 is 1. The predicted molar refractivity (Wildman–Crippen MR) is 80.1 cm³/mol. The fourth-order valence-corrected chi connectivity index (χ4v) is 2.60. The Labute approximate surface area is 124 Å². The second kappa shape index (κ2) is 7.50.